The van der Waals surface area contributed by atoms with Crippen LogP contribution in [0.15, 0.2) is 24.3 Å². The van der Waals surface area contributed by atoms with Gasteiger partial charge in [0.2, 0.25) is 6.41 Å². The highest BCUT2D eigenvalue weighted by Gasteiger charge is 1.94. The lowest BCUT2D eigenvalue weighted by Gasteiger charge is -2.02. The SMILES string of the molecule is N=CCCCCc1ccc(NC=O)cc1. The lowest BCUT2D eigenvalue weighted by molar-refractivity contribution is -0.105. The molecule has 0 atom stereocenters. The van der Waals surface area contributed by atoms with Crippen molar-refractivity contribution in [2.45, 2.75) is 25.7 Å². The van der Waals surface area contributed by atoms with Crippen molar-refractivity contribution in [2.75, 3.05) is 5.32 Å². The minimum absolute atomic E-state index is 0.680. The molecule has 0 aliphatic carbocycles. The Balaban J connectivity index is 2.35. The van der Waals surface area contributed by atoms with Crippen LogP contribution in [0.25, 0.3) is 0 Å². The molecule has 0 radical (unpaired) electrons. The van der Waals surface area contributed by atoms with E-state index in [0.717, 1.165) is 31.4 Å². The number of anilines is 1. The van der Waals surface area contributed by atoms with Crippen LogP contribution in [0, 0.1) is 5.41 Å². The van der Waals surface area contributed by atoms with Crippen LogP contribution in [-0.2, 0) is 11.2 Å². The molecular formula is C12H16N2O. The number of rotatable bonds is 7. The van der Waals surface area contributed by atoms with Crippen LogP contribution in [0.5, 0.6) is 0 Å². The van der Waals surface area contributed by atoms with Gasteiger partial charge in [0.1, 0.15) is 0 Å². The van der Waals surface area contributed by atoms with E-state index in [-0.39, 0.29) is 0 Å². The van der Waals surface area contributed by atoms with Gasteiger partial charge in [-0.15, -0.1) is 0 Å². The Morgan fingerprint density at radius 3 is 2.53 bits per heavy atom. The summed E-state index contributed by atoms with van der Waals surface area (Å²) in [4.78, 5) is 10.2. The summed E-state index contributed by atoms with van der Waals surface area (Å²) < 4.78 is 0. The molecule has 1 aromatic rings. The zero-order chi connectivity index (χ0) is 10.9. The standard InChI is InChI=1S/C12H16N2O/c13-9-3-1-2-4-11-5-7-12(8-6-11)14-10-15/h5-10,13H,1-4H2,(H,14,15). The number of aryl methyl sites for hydroxylation is 1. The molecule has 3 heteroatoms. The highest BCUT2D eigenvalue weighted by atomic mass is 16.1. The van der Waals surface area contributed by atoms with Crippen LogP contribution in [0.3, 0.4) is 0 Å². The van der Waals surface area contributed by atoms with Gasteiger partial charge in [-0.1, -0.05) is 12.1 Å². The minimum atomic E-state index is 0.680. The number of benzene rings is 1. The summed E-state index contributed by atoms with van der Waals surface area (Å²) in [6, 6.07) is 7.85. The van der Waals surface area contributed by atoms with Crippen LogP contribution < -0.4 is 5.32 Å². The smallest absolute Gasteiger partial charge is 0.211 e. The van der Waals surface area contributed by atoms with E-state index in [0.29, 0.717) is 6.41 Å². The van der Waals surface area contributed by atoms with Crippen LogP contribution >= 0.6 is 0 Å². The van der Waals surface area contributed by atoms with E-state index in [1.54, 1.807) is 0 Å². The predicted molar refractivity (Wildman–Crippen MR) is 62.5 cm³/mol. The molecular weight excluding hydrogens is 188 g/mol. The number of nitrogens with one attached hydrogen (secondary N) is 2. The van der Waals surface area contributed by atoms with E-state index in [4.69, 9.17) is 5.41 Å². The third kappa shape index (κ3) is 4.40. The molecule has 0 saturated carbocycles. The van der Waals surface area contributed by atoms with Gasteiger partial charge in [0, 0.05) is 5.69 Å². The van der Waals surface area contributed by atoms with Gasteiger partial charge in [0.15, 0.2) is 0 Å². The number of carbonyl (C=O) groups excluding carboxylic acids is 1. The summed E-state index contributed by atoms with van der Waals surface area (Å²) in [5, 5.41) is 9.49. The van der Waals surface area contributed by atoms with Crippen LogP contribution in [0.1, 0.15) is 24.8 Å². The van der Waals surface area contributed by atoms with Gasteiger partial charge in [0.25, 0.3) is 0 Å². The fraction of sp³-hybridized carbons (Fsp3) is 0.333. The van der Waals surface area contributed by atoms with Gasteiger partial charge in [-0.05, 0) is 49.6 Å². The van der Waals surface area contributed by atoms with Crippen molar-refractivity contribution in [3.63, 3.8) is 0 Å². The number of hydrogen-bond donors (Lipinski definition) is 2. The highest BCUT2D eigenvalue weighted by molar-refractivity contribution is 5.71. The van der Waals surface area contributed by atoms with Crippen molar-refractivity contribution in [2.24, 2.45) is 0 Å². The van der Waals surface area contributed by atoms with Crippen LogP contribution in [0.2, 0.25) is 0 Å². The number of amides is 1. The monoisotopic (exact) mass is 204 g/mol. The fourth-order valence-electron chi connectivity index (χ4n) is 1.41. The average molecular weight is 204 g/mol. The summed E-state index contributed by atoms with van der Waals surface area (Å²) in [5.74, 6) is 0. The lowest BCUT2D eigenvalue weighted by Crippen LogP contribution is -1.93. The molecule has 80 valence electrons. The molecule has 0 bridgehead atoms. The first-order valence-corrected chi connectivity index (χ1v) is 5.15. The molecule has 1 rings (SSSR count). The van der Waals surface area contributed by atoms with E-state index in [9.17, 15) is 4.79 Å². The summed E-state index contributed by atoms with van der Waals surface area (Å²) in [6.45, 7) is 0. The zero-order valence-corrected chi connectivity index (χ0v) is 8.70. The van der Waals surface area contributed by atoms with Crippen molar-refractivity contribution in [3.05, 3.63) is 29.8 Å². The minimum Gasteiger partial charge on any atom is -0.329 e. The van der Waals surface area contributed by atoms with Crippen molar-refractivity contribution in [3.8, 4) is 0 Å². The van der Waals surface area contributed by atoms with Gasteiger partial charge >= 0.3 is 0 Å². The molecule has 0 spiro atoms. The molecule has 1 amide bonds. The van der Waals surface area contributed by atoms with E-state index < -0.39 is 0 Å². The Kier molecular flexibility index (Phi) is 5.15. The first-order chi connectivity index (χ1) is 7.36. The van der Waals surface area contributed by atoms with Gasteiger partial charge < -0.3 is 10.7 Å². The number of unbranched alkanes of at least 4 members (excludes halogenated alkanes) is 2. The summed E-state index contributed by atoms with van der Waals surface area (Å²) >= 11 is 0. The molecule has 0 heterocycles. The lowest BCUT2D eigenvalue weighted by atomic mass is 10.1. The first-order valence-electron chi connectivity index (χ1n) is 5.15. The third-order valence-corrected chi connectivity index (χ3v) is 2.24. The van der Waals surface area contributed by atoms with E-state index in [1.807, 2.05) is 24.3 Å². The van der Waals surface area contributed by atoms with E-state index in [1.165, 1.54) is 11.8 Å². The van der Waals surface area contributed by atoms with Gasteiger partial charge in [0.05, 0.1) is 0 Å². The Labute approximate surface area is 90.0 Å². The zero-order valence-electron chi connectivity index (χ0n) is 8.70. The maximum Gasteiger partial charge on any atom is 0.211 e. The summed E-state index contributed by atoms with van der Waals surface area (Å²) in [5.41, 5.74) is 2.10. The Hall–Kier alpha value is -1.64. The first kappa shape index (κ1) is 11.4. The molecule has 2 N–H and O–H groups in total. The van der Waals surface area contributed by atoms with Gasteiger partial charge in [-0.2, -0.15) is 0 Å². The molecule has 0 fully saturated rings. The predicted octanol–water partition coefficient (Wildman–Crippen LogP) is 2.62. The van der Waals surface area contributed by atoms with Crippen molar-refractivity contribution in [1.82, 2.24) is 0 Å². The molecule has 3 nitrogen and oxygen atoms in total. The third-order valence-electron chi connectivity index (χ3n) is 2.24. The topological polar surface area (TPSA) is 53.0 Å². The van der Waals surface area contributed by atoms with Crippen molar-refractivity contribution < 1.29 is 4.79 Å². The van der Waals surface area contributed by atoms with Crippen molar-refractivity contribution >= 4 is 18.3 Å². The average Bonchev–Trinajstić information content (AvgIpc) is 2.27. The Morgan fingerprint density at radius 1 is 1.20 bits per heavy atom. The quantitative estimate of drug-likeness (QED) is 0.400. The second kappa shape index (κ2) is 6.76. The second-order valence-electron chi connectivity index (χ2n) is 3.41. The molecule has 15 heavy (non-hydrogen) atoms. The van der Waals surface area contributed by atoms with Gasteiger partial charge in [-0.25, -0.2) is 0 Å². The number of carbonyl (C=O) groups is 1. The molecule has 0 unspecified atom stereocenters. The highest BCUT2D eigenvalue weighted by Crippen LogP contribution is 2.11. The van der Waals surface area contributed by atoms with E-state index in [2.05, 4.69) is 5.32 Å². The second-order valence-corrected chi connectivity index (χ2v) is 3.41. The summed E-state index contributed by atoms with van der Waals surface area (Å²) in [6.07, 6.45) is 6.21. The molecule has 0 saturated heterocycles. The molecule has 0 aliphatic heterocycles. The Morgan fingerprint density at radius 2 is 1.93 bits per heavy atom. The number of hydrogen-bond acceptors (Lipinski definition) is 2. The normalized spacial score (nSPS) is 9.60. The largest absolute Gasteiger partial charge is 0.329 e. The Bertz CT molecular complexity index is 306. The van der Waals surface area contributed by atoms with Crippen LogP contribution in [0.4, 0.5) is 5.69 Å². The molecule has 0 aromatic heterocycles. The molecule has 1 aromatic carbocycles. The summed E-state index contributed by atoms with van der Waals surface area (Å²) in [7, 11) is 0. The molecule has 0 aliphatic rings. The maximum atomic E-state index is 10.2. The van der Waals surface area contributed by atoms with Crippen molar-refractivity contribution in [1.29, 1.82) is 5.41 Å². The van der Waals surface area contributed by atoms with Crippen LogP contribution in [-0.4, -0.2) is 12.6 Å². The van der Waals surface area contributed by atoms with Gasteiger partial charge in [-0.3, -0.25) is 4.79 Å². The maximum absolute atomic E-state index is 10.2. The van der Waals surface area contributed by atoms with E-state index >= 15 is 0 Å². The fourth-order valence-corrected chi connectivity index (χ4v) is 1.41.